The van der Waals surface area contributed by atoms with Gasteiger partial charge in [0, 0.05) is 6.07 Å². The molecule has 1 N–H and O–H groups in total. The summed E-state index contributed by atoms with van der Waals surface area (Å²) in [6.45, 7) is -0.114. The SMILES string of the molecule is O=[N+]([O-])c1ccc(CO)cc1Br. The van der Waals surface area contributed by atoms with Crippen molar-refractivity contribution in [1.29, 1.82) is 0 Å². The van der Waals surface area contributed by atoms with Crippen LogP contribution < -0.4 is 0 Å². The van der Waals surface area contributed by atoms with E-state index in [1.54, 1.807) is 0 Å². The Morgan fingerprint density at radius 3 is 2.67 bits per heavy atom. The maximum absolute atomic E-state index is 10.3. The molecule has 1 aromatic carbocycles. The third-order valence-corrected chi connectivity index (χ3v) is 2.03. The van der Waals surface area contributed by atoms with Crippen molar-refractivity contribution >= 4 is 21.6 Å². The molecule has 4 nitrogen and oxygen atoms in total. The van der Waals surface area contributed by atoms with E-state index in [-0.39, 0.29) is 12.3 Å². The van der Waals surface area contributed by atoms with E-state index < -0.39 is 4.92 Å². The molecule has 12 heavy (non-hydrogen) atoms. The number of nitrogens with zero attached hydrogens (tertiary/aromatic N) is 1. The topological polar surface area (TPSA) is 63.4 Å². The summed E-state index contributed by atoms with van der Waals surface area (Å²) >= 11 is 3.04. The van der Waals surface area contributed by atoms with E-state index in [0.29, 0.717) is 10.0 Å². The zero-order valence-corrected chi connectivity index (χ0v) is 7.61. The Hall–Kier alpha value is -0.940. The van der Waals surface area contributed by atoms with Crippen molar-refractivity contribution in [1.82, 2.24) is 0 Å². The van der Waals surface area contributed by atoms with Crippen LogP contribution in [0.5, 0.6) is 0 Å². The second kappa shape index (κ2) is 3.64. The van der Waals surface area contributed by atoms with E-state index in [1.807, 2.05) is 0 Å². The Labute approximate surface area is 77.1 Å². The van der Waals surface area contributed by atoms with Crippen LogP contribution in [-0.2, 0) is 6.61 Å². The molecule has 0 amide bonds. The molecule has 0 aliphatic carbocycles. The van der Waals surface area contributed by atoms with Crippen LogP contribution in [0.4, 0.5) is 5.69 Å². The first-order valence-electron chi connectivity index (χ1n) is 3.19. The van der Waals surface area contributed by atoms with Crippen LogP contribution in [0.1, 0.15) is 5.56 Å². The molecule has 0 aromatic heterocycles. The van der Waals surface area contributed by atoms with Crippen molar-refractivity contribution in [2.75, 3.05) is 0 Å². The summed E-state index contributed by atoms with van der Waals surface area (Å²) in [6, 6.07) is 4.40. The highest BCUT2D eigenvalue weighted by Gasteiger charge is 2.10. The molecule has 0 saturated heterocycles. The zero-order valence-electron chi connectivity index (χ0n) is 6.03. The third kappa shape index (κ3) is 1.80. The number of halogens is 1. The summed E-state index contributed by atoms with van der Waals surface area (Å²) in [5.41, 5.74) is 0.652. The number of aliphatic hydroxyl groups excluding tert-OH is 1. The van der Waals surface area contributed by atoms with Gasteiger partial charge in [-0.2, -0.15) is 0 Å². The van der Waals surface area contributed by atoms with E-state index >= 15 is 0 Å². The van der Waals surface area contributed by atoms with Gasteiger partial charge >= 0.3 is 0 Å². The van der Waals surface area contributed by atoms with Crippen molar-refractivity contribution < 1.29 is 10.0 Å². The first-order chi connectivity index (χ1) is 5.65. The van der Waals surface area contributed by atoms with E-state index in [2.05, 4.69) is 15.9 Å². The van der Waals surface area contributed by atoms with Gasteiger partial charge in [0.2, 0.25) is 0 Å². The Kier molecular flexibility index (Phi) is 2.78. The van der Waals surface area contributed by atoms with Crippen LogP contribution in [0.25, 0.3) is 0 Å². The summed E-state index contributed by atoms with van der Waals surface area (Å²) in [4.78, 5) is 9.85. The number of hydrogen-bond acceptors (Lipinski definition) is 3. The third-order valence-electron chi connectivity index (χ3n) is 1.39. The molecule has 0 atom stereocenters. The molecular weight excluding hydrogens is 226 g/mol. The molecular formula is C7H6BrNO3. The van der Waals surface area contributed by atoms with Crippen LogP contribution >= 0.6 is 15.9 Å². The van der Waals surface area contributed by atoms with Gasteiger partial charge in [-0.1, -0.05) is 0 Å². The van der Waals surface area contributed by atoms with Crippen LogP contribution in [0, 0.1) is 10.1 Å². The van der Waals surface area contributed by atoms with E-state index in [4.69, 9.17) is 5.11 Å². The van der Waals surface area contributed by atoms with Gasteiger partial charge in [-0.3, -0.25) is 10.1 Å². The highest BCUT2D eigenvalue weighted by molar-refractivity contribution is 9.10. The normalized spacial score (nSPS) is 9.83. The number of rotatable bonds is 2. The molecule has 0 saturated carbocycles. The summed E-state index contributed by atoms with van der Waals surface area (Å²) < 4.78 is 0.388. The molecule has 5 heteroatoms. The predicted molar refractivity (Wildman–Crippen MR) is 46.7 cm³/mol. The maximum atomic E-state index is 10.3. The summed E-state index contributed by atoms with van der Waals surface area (Å²) in [5, 5.41) is 19.0. The molecule has 0 unspecified atom stereocenters. The smallest absolute Gasteiger partial charge is 0.283 e. The monoisotopic (exact) mass is 231 g/mol. The Bertz CT molecular complexity index is 314. The maximum Gasteiger partial charge on any atom is 0.283 e. The molecule has 0 heterocycles. The van der Waals surface area contributed by atoms with Gasteiger partial charge in [0.05, 0.1) is 16.0 Å². The van der Waals surface area contributed by atoms with Gasteiger partial charge < -0.3 is 5.11 Å². The van der Waals surface area contributed by atoms with Gasteiger partial charge in [0.15, 0.2) is 0 Å². The van der Waals surface area contributed by atoms with Crippen molar-refractivity contribution in [2.24, 2.45) is 0 Å². The number of nitro benzene ring substituents is 1. The Morgan fingerprint density at radius 1 is 1.58 bits per heavy atom. The first kappa shape index (κ1) is 9.15. The molecule has 64 valence electrons. The van der Waals surface area contributed by atoms with Crippen molar-refractivity contribution in [2.45, 2.75) is 6.61 Å². The van der Waals surface area contributed by atoms with Crippen molar-refractivity contribution in [3.05, 3.63) is 38.3 Å². The predicted octanol–water partition coefficient (Wildman–Crippen LogP) is 1.85. The lowest BCUT2D eigenvalue weighted by Crippen LogP contribution is -1.90. The first-order valence-corrected chi connectivity index (χ1v) is 3.98. The lowest BCUT2D eigenvalue weighted by atomic mass is 10.2. The lowest BCUT2D eigenvalue weighted by Gasteiger charge is -1.97. The minimum atomic E-state index is -0.481. The van der Waals surface area contributed by atoms with Gasteiger partial charge in [-0.05, 0) is 33.6 Å². The Balaban J connectivity index is 3.12. The standard InChI is InChI=1S/C7H6BrNO3/c8-6-3-5(4-10)1-2-7(6)9(11)12/h1-3,10H,4H2. The second-order valence-electron chi connectivity index (χ2n) is 2.20. The number of benzene rings is 1. The van der Waals surface area contributed by atoms with Crippen LogP contribution in [-0.4, -0.2) is 10.0 Å². The number of aliphatic hydroxyl groups is 1. The molecule has 0 aliphatic heterocycles. The number of nitro groups is 1. The van der Waals surface area contributed by atoms with Crippen molar-refractivity contribution in [3.8, 4) is 0 Å². The van der Waals surface area contributed by atoms with Gasteiger partial charge in [0.25, 0.3) is 5.69 Å². The van der Waals surface area contributed by atoms with Gasteiger partial charge in [-0.15, -0.1) is 0 Å². The molecule has 0 spiro atoms. The molecule has 0 bridgehead atoms. The summed E-state index contributed by atoms with van der Waals surface area (Å²) in [5.74, 6) is 0. The molecule has 0 radical (unpaired) electrons. The average molecular weight is 232 g/mol. The van der Waals surface area contributed by atoms with E-state index in [0.717, 1.165) is 0 Å². The van der Waals surface area contributed by atoms with E-state index in [1.165, 1.54) is 18.2 Å². The average Bonchev–Trinajstić information content (AvgIpc) is 2.03. The molecule has 0 aliphatic rings. The Morgan fingerprint density at radius 2 is 2.25 bits per heavy atom. The minimum absolute atomic E-state index is 0.00667. The molecule has 1 rings (SSSR count). The molecule has 1 aromatic rings. The quantitative estimate of drug-likeness (QED) is 0.625. The fourth-order valence-electron chi connectivity index (χ4n) is 0.797. The van der Waals surface area contributed by atoms with Crippen LogP contribution in [0.15, 0.2) is 22.7 Å². The fraction of sp³-hybridized carbons (Fsp3) is 0.143. The fourth-order valence-corrected chi connectivity index (χ4v) is 1.37. The highest BCUT2D eigenvalue weighted by Crippen LogP contribution is 2.25. The van der Waals surface area contributed by atoms with Crippen LogP contribution in [0.3, 0.4) is 0 Å². The van der Waals surface area contributed by atoms with E-state index in [9.17, 15) is 10.1 Å². The number of hydrogen-bond donors (Lipinski definition) is 1. The zero-order chi connectivity index (χ0) is 9.14. The molecule has 0 fully saturated rings. The lowest BCUT2D eigenvalue weighted by molar-refractivity contribution is -0.385. The second-order valence-corrected chi connectivity index (χ2v) is 3.06. The van der Waals surface area contributed by atoms with Crippen LogP contribution in [0.2, 0.25) is 0 Å². The summed E-state index contributed by atoms with van der Waals surface area (Å²) in [6.07, 6.45) is 0. The highest BCUT2D eigenvalue weighted by atomic mass is 79.9. The van der Waals surface area contributed by atoms with Gasteiger partial charge in [-0.25, -0.2) is 0 Å². The summed E-state index contributed by atoms with van der Waals surface area (Å²) in [7, 11) is 0. The van der Waals surface area contributed by atoms with Gasteiger partial charge in [0.1, 0.15) is 0 Å². The van der Waals surface area contributed by atoms with Crippen molar-refractivity contribution in [3.63, 3.8) is 0 Å². The minimum Gasteiger partial charge on any atom is -0.392 e. The largest absolute Gasteiger partial charge is 0.392 e.